The number of hydrogen-bond acceptors (Lipinski definition) is 3. The van der Waals surface area contributed by atoms with Crippen LogP contribution in [0.4, 0.5) is 18.9 Å². The van der Waals surface area contributed by atoms with Crippen LogP contribution in [0.2, 0.25) is 0 Å². The second kappa shape index (κ2) is 9.01. The zero-order valence-corrected chi connectivity index (χ0v) is 16.7. The number of aryl methyl sites for hydroxylation is 1. The molecule has 0 aliphatic carbocycles. The molecule has 154 valence electrons. The van der Waals surface area contributed by atoms with E-state index in [1.807, 2.05) is 24.8 Å². The summed E-state index contributed by atoms with van der Waals surface area (Å²) in [6.07, 6.45) is -3.46. The Morgan fingerprint density at radius 3 is 2.41 bits per heavy atom. The molecule has 0 aliphatic rings. The van der Waals surface area contributed by atoms with Gasteiger partial charge in [0.15, 0.2) is 0 Å². The molecular weight excluding hydrogens is 381 g/mol. The van der Waals surface area contributed by atoms with E-state index in [4.69, 9.17) is 4.74 Å². The summed E-state index contributed by atoms with van der Waals surface area (Å²) in [5.41, 5.74) is -2.63. The van der Waals surface area contributed by atoms with Crippen LogP contribution in [0.1, 0.15) is 23.6 Å². The third-order valence-corrected chi connectivity index (χ3v) is 4.37. The normalized spacial score (nSPS) is 13.5. The maximum Gasteiger partial charge on any atom is 0.433 e. The summed E-state index contributed by atoms with van der Waals surface area (Å²) in [5, 5.41) is 10.6. The van der Waals surface area contributed by atoms with Crippen molar-refractivity contribution in [1.82, 2.24) is 4.90 Å². The van der Waals surface area contributed by atoms with Crippen molar-refractivity contribution in [2.45, 2.75) is 25.6 Å². The molecule has 2 aromatic carbocycles. The molecule has 0 bridgehead atoms. The highest BCUT2D eigenvalue weighted by atomic mass is 19.4. The van der Waals surface area contributed by atoms with E-state index in [-0.39, 0.29) is 5.75 Å². The van der Waals surface area contributed by atoms with Crippen LogP contribution in [0.5, 0.6) is 5.75 Å². The molecule has 1 atom stereocenters. The van der Waals surface area contributed by atoms with E-state index in [1.165, 1.54) is 19.2 Å². The Morgan fingerprint density at radius 1 is 1.21 bits per heavy atom. The van der Waals surface area contributed by atoms with Gasteiger partial charge in [-0.05, 0) is 43.5 Å². The van der Waals surface area contributed by atoms with Gasteiger partial charge in [-0.3, -0.25) is 0 Å². The van der Waals surface area contributed by atoms with Crippen LogP contribution < -0.4 is 4.74 Å². The van der Waals surface area contributed by atoms with Gasteiger partial charge < -0.3 is 14.7 Å². The SMILES string of the molecule is CCN(C)/C=N/c1cc(OC)c(C(O)(C#Cc2ccccc2)C(F)(F)F)cc1C. The summed E-state index contributed by atoms with van der Waals surface area (Å²) in [7, 11) is 3.06. The summed E-state index contributed by atoms with van der Waals surface area (Å²) >= 11 is 0. The number of aliphatic hydroxyl groups is 1. The minimum absolute atomic E-state index is 0.149. The van der Waals surface area contributed by atoms with Gasteiger partial charge in [0.05, 0.1) is 19.1 Å². The molecule has 0 fully saturated rings. The summed E-state index contributed by atoms with van der Waals surface area (Å²) in [6.45, 7) is 4.28. The Hall–Kier alpha value is -2.98. The predicted octanol–water partition coefficient (Wildman–Crippen LogP) is 4.42. The maximum absolute atomic E-state index is 13.9. The van der Waals surface area contributed by atoms with Gasteiger partial charge in [-0.15, -0.1) is 0 Å². The van der Waals surface area contributed by atoms with Crippen LogP contribution in [0.15, 0.2) is 47.5 Å². The molecular formula is C22H23F3N2O2. The van der Waals surface area contributed by atoms with E-state index in [0.717, 1.165) is 6.54 Å². The molecule has 0 spiro atoms. The van der Waals surface area contributed by atoms with Crippen LogP contribution in [0.25, 0.3) is 0 Å². The number of rotatable bonds is 5. The second-order valence-corrected chi connectivity index (χ2v) is 6.48. The first-order valence-corrected chi connectivity index (χ1v) is 8.93. The molecule has 4 nitrogen and oxygen atoms in total. The maximum atomic E-state index is 13.9. The summed E-state index contributed by atoms with van der Waals surface area (Å²) in [6, 6.07) is 10.7. The van der Waals surface area contributed by atoms with Crippen LogP contribution >= 0.6 is 0 Å². The van der Waals surface area contributed by atoms with Crippen molar-refractivity contribution in [2.24, 2.45) is 4.99 Å². The van der Waals surface area contributed by atoms with E-state index in [9.17, 15) is 18.3 Å². The highest BCUT2D eigenvalue weighted by Crippen LogP contribution is 2.44. The Balaban J connectivity index is 2.61. The predicted molar refractivity (Wildman–Crippen MR) is 107 cm³/mol. The van der Waals surface area contributed by atoms with Gasteiger partial charge in [-0.1, -0.05) is 24.1 Å². The van der Waals surface area contributed by atoms with Gasteiger partial charge >= 0.3 is 6.18 Å². The smallest absolute Gasteiger partial charge is 0.433 e. The molecule has 0 radical (unpaired) electrons. The molecule has 0 saturated heterocycles. The Kier molecular flexibility index (Phi) is 6.93. The molecule has 0 amide bonds. The quantitative estimate of drug-likeness (QED) is 0.456. The molecule has 1 N–H and O–H groups in total. The first-order chi connectivity index (χ1) is 13.6. The van der Waals surface area contributed by atoms with Crippen molar-refractivity contribution < 1.29 is 23.0 Å². The highest BCUT2D eigenvalue weighted by molar-refractivity contribution is 5.66. The lowest BCUT2D eigenvalue weighted by Gasteiger charge is -2.28. The van der Waals surface area contributed by atoms with Crippen LogP contribution in [0, 0.1) is 18.8 Å². The number of benzene rings is 2. The van der Waals surface area contributed by atoms with Gasteiger partial charge in [0.25, 0.3) is 5.60 Å². The molecule has 2 aromatic rings. The lowest BCUT2D eigenvalue weighted by Crippen LogP contribution is -2.41. The minimum Gasteiger partial charge on any atom is -0.496 e. The highest BCUT2D eigenvalue weighted by Gasteiger charge is 2.56. The van der Waals surface area contributed by atoms with Crippen molar-refractivity contribution >= 4 is 12.0 Å². The molecule has 0 saturated carbocycles. The summed E-state index contributed by atoms with van der Waals surface area (Å²) in [5.74, 6) is 4.27. The molecule has 0 heterocycles. The Morgan fingerprint density at radius 2 is 1.86 bits per heavy atom. The van der Waals surface area contributed by atoms with Crippen molar-refractivity contribution in [3.8, 4) is 17.6 Å². The first kappa shape index (κ1) is 22.3. The standard InChI is InChI=1S/C22H23F3N2O2/c1-5-27(3)15-26-19-14-20(29-4)18(13-16(19)2)21(28,22(23,24)25)12-11-17-9-7-6-8-10-17/h6-10,13-15,28H,5H2,1-4H3/b26-15+. The second-order valence-electron chi connectivity index (χ2n) is 6.48. The van der Waals surface area contributed by atoms with E-state index >= 15 is 0 Å². The number of halogens is 3. The van der Waals surface area contributed by atoms with Gasteiger partial charge in [0.1, 0.15) is 5.75 Å². The lowest BCUT2D eigenvalue weighted by atomic mass is 9.90. The molecule has 2 rings (SSSR count). The Bertz CT molecular complexity index is 931. The van der Waals surface area contributed by atoms with E-state index in [1.54, 1.807) is 43.6 Å². The third kappa shape index (κ3) is 5.09. The number of aliphatic imine (C=N–C) groups is 1. The molecule has 7 heteroatoms. The topological polar surface area (TPSA) is 45.1 Å². The molecule has 29 heavy (non-hydrogen) atoms. The fourth-order valence-corrected chi connectivity index (χ4v) is 2.49. The van der Waals surface area contributed by atoms with Gasteiger partial charge in [-0.25, -0.2) is 4.99 Å². The fourth-order valence-electron chi connectivity index (χ4n) is 2.49. The lowest BCUT2D eigenvalue weighted by molar-refractivity contribution is -0.241. The number of hydrogen-bond donors (Lipinski definition) is 1. The molecule has 0 aromatic heterocycles. The zero-order valence-electron chi connectivity index (χ0n) is 16.7. The van der Waals surface area contributed by atoms with E-state index in [0.29, 0.717) is 16.8 Å². The number of nitrogens with zero attached hydrogens (tertiary/aromatic N) is 2. The van der Waals surface area contributed by atoms with Gasteiger partial charge in [-0.2, -0.15) is 13.2 Å². The number of ether oxygens (including phenoxy) is 1. The van der Waals surface area contributed by atoms with Crippen molar-refractivity contribution in [3.05, 3.63) is 59.2 Å². The average molecular weight is 404 g/mol. The van der Waals surface area contributed by atoms with Crippen LogP contribution in [-0.2, 0) is 5.60 Å². The first-order valence-electron chi connectivity index (χ1n) is 8.93. The number of alkyl halides is 3. The zero-order chi connectivity index (χ0) is 21.7. The van der Waals surface area contributed by atoms with Gasteiger partial charge in [0.2, 0.25) is 0 Å². The molecule has 0 aliphatic heterocycles. The third-order valence-electron chi connectivity index (χ3n) is 4.37. The average Bonchev–Trinajstić information content (AvgIpc) is 2.70. The fraction of sp³-hybridized carbons (Fsp3) is 0.318. The Labute approximate surface area is 168 Å². The van der Waals surface area contributed by atoms with Crippen molar-refractivity contribution in [2.75, 3.05) is 20.7 Å². The minimum atomic E-state index is -5.04. The van der Waals surface area contributed by atoms with Crippen LogP contribution in [-0.4, -0.2) is 43.2 Å². The van der Waals surface area contributed by atoms with E-state index < -0.39 is 17.3 Å². The largest absolute Gasteiger partial charge is 0.496 e. The number of methoxy groups -OCH3 is 1. The monoisotopic (exact) mass is 404 g/mol. The summed E-state index contributed by atoms with van der Waals surface area (Å²) < 4.78 is 46.8. The van der Waals surface area contributed by atoms with Gasteiger partial charge in [0, 0.05) is 30.8 Å². The van der Waals surface area contributed by atoms with Crippen molar-refractivity contribution in [1.29, 1.82) is 0 Å². The van der Waals surface area contributed by atoms with E-state index in [2.05, 4.69) is 10.9 Å². The van der Waals surface area contributed by atoms with Crippen LogP contribution in [0.3, 0.4) is 0 Å². The van der Waals surface area contributed by atoms with Crippen molar-refractivity contribution in [3.63, 3.8) is 0 Å². The molecule has 1 unspecified atom stereocenters. The summed E-state index contributed by atoms with van der Waals surface area (Å²) in [4.78, 5) is 6.10.